The quantitative estimate of drug-likeness (QED) is 0.713. The number of sulfone groups is 1. The topological polar surface area (TPSA) is 69.4 Å². The van der Waals surface area contributed by atoms with Crippen molar-refractivity contribution in [3.63, 3.8) is 0 Å². The largest absolute Gasteiger partial charge is 0.372 e. The molecular weight excluding hydrogens is 202 g/mol. The van der Waals surface area contributed by atoms with E-state index in [2.05, 4.69) is 0 Å². The van der Waals surface area contributed by atoms with E-state index in [0.717, 1.165) is 19.3 Å². The van der Waals surface area contributed by atoms with Gasteiger partial charge in [-0.15, -0.1) is 0 Å². The van der Waals surface area contributed by atoms with Crippen molar-refractivity contribution < 1.29 is 13.2 Å². The lowest BCUT2D eigenvalue weighted by molar-refractivity contribution is -0.00160. The Labute approximate surface area is 84.7 Å². The van der Waals surface area contributed by atoms with E-state index in [4.69, 9.17) is 10.5 Å². The van der Waals surface area contributed by atoms with E-state index in [0.29, 0.717) is 6.42 Å². The molecule has 4 nitrogen and oxygen atoms in total. The molecule has 0 radical (unpaired) electrons. The second-order valence-electron chi connectivity index (χ2n) is 4.29. The molecule has 0 aromatic carbocycles. The molecule has 1 aliphatic carbocycles. The minimum Gasteiger partial charge on any atom is -0.372 e. The highest BCUT2D eigenvalue weighted by molar-refractivity contribution is 7.91. The molecule has 14 heavy (non-hydrogen) atoms. The molecule has 3 atom stereocenters. The zero-order valence-corrected chi connectivity index (χ0v) is 9.00. The standard InChI is InChI=1S/C9H17NO3S/c10-8-2-1-3-9(8)13-7-4-5-14(11,12)6-7/h7-9H,1-6,10H2. The van der Waals surface area contributed by atoms with Gasteiger partial charge in [0, 0.05) is 6.04 Å². The third-order valence-electron chi connectivity index (χ3n) is 3.06. The van der Waals surface area contributed by atoms with Gasteiger partial charge in [-0.25, -0.2) is 8.42 Å². The maximum absolute atomic E-state index is 11.2. The van der Waals surface area contributed by atoms with E-state index in [1.165, 1.54) is 0 Å². The summed E-state index contributed by atoms with van der Waals surface area (Å²) in [6, 6.07) is 0.110. The van der Waals surface area contributed by atoms with Crippen LogP contribution in [0.5, 0.6) is 0 Å². The van der Waals surface area contributed by atoms with Crippen LogP contribution in [0, 0.1) is 0 Å². The third-order valence-corrected chi connectivity index (χ3v) is 4.80. The smallest absolute Gasteiger partial charge is 0.152 e. The highest BCUT2D eigenvalue weighted by Gasteiger charge is 2.33. The molecule has 0 aromatic heterocycles. The van der Waals surface area contributed by atoms with Crippen LogP contribution in [0.1, 0.15) is 25.7 Å². The zero-order valence-electron chi connectivity index (χ0n) is 8.19. The molecule has 1 saturated heterocycles. The summed E-state index contributed by atoms with van der Waals surface area (Å²) in [6.45, 7) is 0. The fourth-order valence-electron chi connectivity index (χ4n) is 2.24. The van der Waals surface area contributed by atoms with Crippen LogP contribution in [0.15, 0.2) is 0 Å². The molecule has 1 aliphatic heterocycles. The number of ether oxygens (including phenoxy) is 1. The molecule has 0 aromatic rings. The van der Waals surface area contributed by atoms with Gasteiger partial charge in [0.25, 0.3) is 0 Å². The number of rotatable bonds is 2. The van der Waals surface area contributed by atoms with Gasteiger partial charge in [-0.05, 0) is 25.7 Å². The van der Waals surface area contributed by atoms with Crippen molar-refractivity contribution in [3.05, 3.63) is 0 Å². The number of nitrogens with two attached hydrogens (primary N) is 1. The Balaban J connectivity index is 1.87. The van der Waals surface area contributed by atoms with Crippen molar-refractivity contribution in [1.82, 2.24) is 0 Å². The van der Waals surface area contributed by atoms with Gasteiger partial charge in [-0.1, -0.05) is 0 Å². The molecule has 0 amide bonds. The van der Waals surface area contributed by atoms with Crippen LogP contribution in [-0.2, 0) is 14.6 Å². The Morgan fingerprint density at radius 1 is 1.21 bits per heavy atom. The zero-order chi connectivity index (χ0) is 10.2. The van der Waals surface area contributed by atoms with Crippen molar-refractivity contribution in [2.75, 3.05) is 11.5 Å². The van der Waals surface area contributed by atoms with Gasteiger partial charge in [-0.2, -0.15) is 0 Å². The molecule has 0 spiro atoms. The Morgan fingerprint density at radius 2 is 2.00 bits per heavy atom. The van der Waals surface area contributed by atoms with Crippen LogP contribution in [0.25, 0.3) is 0 Å². The van der Waals surface area contributed by atoms with E-state index < -0.39 is 9.84 Å². The van der Waals surface area contributed by atoms with Crippen molar-refractivity contribution in [1.29, 1.82) is 0 Å². The fraction of sp³-hybridized carbons (Fsp3) is 1.00. The summed E-state index contributed by atoms with van der Waals surface area (Å²) in [5, 5.41) is 0. The molecule has 1 saturated carbocycles. The van der Waals surface area contributed by atoms with Crippen LogP contribution in [0.2, 0.25) is 0 Å². The second kappa shape index (κ2) is 3.79. The van der Waals surface area contributed by atoms with Gasteiger partial charge < -0.3 is 10.5 Å². The van der Waals surface area contributed by atoms with Crippen LogP contribution in [0.4, 0.5) is 0 Å². The minimum absolute atomic E-state index is 0.0910. The molecule has 82 valence electrons. The average molecular weight is 219 g/mol. The first-order valence-electron chi connectivity index (χ1n) is 5.18. The summed E-state index contributed by atoms with van der Waals surface area (Å²) >= 11 is 0. The lowest BCUT2D eigenvalue weighted by Crippen LogP contribution is -2.35. The lowest BCUT2D eigenvalue weighted by atomic mass is 10.2. The van der Waals surface area contributed by atoms with Gasteiger partial charge in [0.1, 0.15) is 0 Å². The molecule has 2 fully saturated rings. The first kappa shape index (κ1) is 10.4. The summed E-state index contributed by atoms with van der Waals surface area (Å²) < 4.78 is 28.1. The van der Waals surface area contributed by atoms with Crippen molar-refractivity contribution in [2.45, 2.75) is 43.9 Å². The maximum Gasteiger partial charge on any atom is 0.152 e. The third kappa shape index (κ3) is 2.27. The molecule has 5 heteroatoms. The fourth-order valence-corrected chi connectivity index (χ4v) is 3.84. The van der Waals surface area contributed by atoms with Gasteiger partial charge >= 0.3 is 0 Å². The Bertz CT molecular complexity index is 301. The monoisotopic (exact) mass is 219 g/mol. The summed E-state index contributed by atoms with van der Waals surface area (Å²) in [6.07, 6.45) is 3.72. The maximum atomic E-state index is 11.2. The molecule has 2 rings (SSSR count). The normalized spacial score (nSPS) is 41.6. The highest BCUT2D eigenvalue weighted by atomic mass is 32.2. The number of hydrogen-bond acceptors (Lipinski definition) is 4. The minimum atomic E-state index is -2.82. The first-order valence-corrected chi connectivity index (χ1v) is 7.00. The van der Waals surface area contributed by atoms with Crippen LogP contribution < -0.4 is 5.73 Å². The van der Waals surface area contributed by atoms with E-state index in [1.54, 1.807) is 0 Å². The molecule has 3 unspecified atom stereocenters. The van der Waals surface area contributed by atoms with Crippen LogP contribution in [-0.4, -0.2) is 38.2 Å². The van der Waals surface area contributed by atoms with Crippen molar-refractivity contribution in [3.8, 4) is 0 Å². The van der Waals surface area contributed by atoms with Gasteiger partial charge in [-0.3, -0.25) is 0 Å². The van der Waals surface area contributed by atoms with E-state index in [1.807, 2.05) is 0 Å². The first-order chi connectivity index (χ1) is 6.57. The Morgan fingerprint density at radius 3 is 2.50 bits per heavy atom. The molecular formula is C9H17NO3S. The van der Waals surface area contributed by atoms with Crippen LogP contribution >= 0.6 is 0 Å². The van der Waals surface area contributed by atoms with E-state index in [9.17, 15) is 8.42 Å². The summed E-state index contributed by atoms with van der Waals surface area (Å²) in [7, 11) is -2.82. The molecule has 1 heterocycles. The predicted octanol–water partition coefficient (Wildman–Crippen LogP) is 0.0699. The highest BCUT2D eigenvalue weighted by Crippen LogP contribution is 2.25. The molecule has 2 N–H and O–H groups in total. The summed E-state index contributed by atoms with van der Waals surface area (Å²) in [5.74, 6) is 0.468. The van der Waals surface area contributed by atoms with Gasteiger partial charge in [0.15, 0.2) is 9.84 Å². The van der Waals surface area contributed by atoms with Gasteiger partial charge in [0.2, 0.25) is 0 Å². The number of hydrogen-bond donors (Lipinski definition) is 1. The Hall–Kier alpha value is -0.130. The van der Waals surface area contributed by atoms with E-state index in [-0.39, 0.29) is 29.8 Å². The van der Waals surface area contributed by atoms with Crippen LogP contribution in [0.3, 0.4) is 0 Å². The second-order valence-corrected chi connectivity index (χ2v) is 6.52. The van der Waals surface area contributed by atoms with Gasteiger partial charge in [0.05, 0.1) is 23.7 Å². The SMILES string of the molecule is NC1CCCC1OC1CCS(=O)(=O)C1. The summed E-state index contributed by atoms with van der Waals surface area (Å²) in [4.78, 5) is 0. The summed E-state index contributed by atoms with van der Waals surface area (Å²) in [5.41, 5.74) is 5.85. The lowest BCUT2D eigenvalue weighted by Gasteiger charge is -2.20. The molecule has 0 bridgehead atoms. The Kier molecular flexibility index (Phi) is 2.81. The average Bonchev–Trinajstić information content (AvgIpc) is 2.61. The molecule has 2 aliphatic rings. The predicted molar refractivity (Wildman–Crippen MR) is 53.8 cm³/mol. The van der Waals surface area contributed by atoms with Crippen molar-refractivity contribution in [2.24, 2.45) is 5.73 Å². The van der Waals surface area contributed by atoms with E-state index >= 15 is 0 Å². The van der Waals surface area contributed by atoms with Crippen molar-refractivity contribution >= 4 is 9.84 Å².